The van der Waals surface area contributed by atoms with Crippen LogP contribution in [0.25, 0.3) is 0 Å². The van der Waals surface area contributed by atoms with Crippen LogP contribution in [0, 0.1) is 6.92 Å². The van der Waals surface area contributed by atoms with Crippen molar-refractivity contribution in [3.05, 3.63) is 59.7 Å². The second kappa shape index (κ2) is 6.84. The highest BCUT2D eigenvalue weighted by Crippen LogP contribution is 2.25. The van der Waals surface area contributed by atoms with Crippen LogP contribution in [-0.4, -0.2) is 25.0 Å². The Bertz CT molecular complexity index is 755. The zero-order valence-electron chi connectivity index (χ0n) is 13.8. The third-order valence-electron chi connectivity index (χ3n) is 4.02. The second-order valence-corrected chi connectivity index (χ2v) is 5.94. The Morgan fingerprint density at radius 3 is 2.62 bits per heavy atom. The first-order valence-electron chi connectivity index (χ1n) is 7.86. The van der Waals surface area contributed by atoms with Crippen molar-refractivity contribution in [1.29, 1.82) is 0 Å². The molecular weight excluding hydrogens is 304 g/mol. The SMILES string of the molecule is COCc1cccc(NC2CC(=O)N(c3ccc(C)cc3)C2=O)c1. The lowest BCUT2D eigenvalue weighted by Gasteiger charge is -2.16. The Hall–Kier alpha value is -2.66. The Kier molecular flexibility index (Phi) is 4.62. The van der Waals surface area contributed by atoms with Crippen molar-refractivity contribution >= 4 is 23.2 Å². The van der Waals surface area contributed by atoms with Gasteiger partial charge in [-0.1, -0.05) is 29.8 Å². The van der Waals surface area contributed by atoms with Crippen molar-refractivity contribution in [2.24, 2.45) is 0 Å². The summed E-state index contributed by atoms with van der Waals surface area (Å²) in [4.78, 5) is 26.2. The number of nitrogens with one attached hydrogen (secondary N) is 1. The van der Waals surface area contributed by atoms with E-state index in [1.807, 2.05) is 43.3 Å². The zero-order valence-corrected chi connectivity index (χ0v) is 13.8. The molecule has 0 bridgehead atoms. The van der Waals surface area contributed by atoms with E-state index in [1.165, 1.54) is 4.90 Å². The number of carbonyl (C=O) groups is 2. The van der Waals surface area contributed by atoms with E-state index >= 15 is 0 Å². The minimum absolute atomic E-state index is 0.154. The van der Waals surface area contributed by atoms with Gasteiger partial charge in [-0.3, -0.25) is 9.59 Å². The number of hydrogen-bond acceptors (Lipinski definition) is 4. The molecule has 2 aromatic rings. The summed E-state index contributed by atoms with van der Waals surface area (Å²) in [5.74, 6) is -0.407. The highest BCUT2D eigenvalue weighted by Gasteiger charge is 2.39. The van der Waals surface area contributed by atoms with Crippen molar-refractivity contribution in [2.75, 3.05) is 17.3 Å². The minimum atomic E-state index is -0.545. The number of carbonyl (C=O) groups excluding carboxylic acids is 2. The lowest BCUT2D eigenvalue weighted by molar-refractivity contribution is -0.121. The third kappa shape index (κ3) is 3.31. The smallest absolute Gasteiger partial charge is 0.256 e. The molecule has 5 heteroatoms. The van der Waals surface area contributed by atoms with Crippen molar-refractivity contribution in [2.45, 2.75) is 26.0 Å². The lowest BCUT2D eigenvalue weighted by atomic mass is 10.2. The maximum Gasteiger partial charge on any atom is 0.256 e. The van der Waals surface area contributed by atoms with Crippen LogP contribution in [0.4, 0.5) is 11.4 Å². The highest BCUT2D eigenvalue weighted by atomic mass is 16.5. The fourth-order valence-corrected chi connectivity index (χ4v) is 2.83. The largest absolute Gasteiger partial charge is 0.380 e. The van der Waals surface area contributed by atoms with Gasteiger partial charge in [0, 0.05) is 12.8 Å². The number of benzene rings is 2. The second-order valence-electron chi connectivity index (χ2n) is 5.94. The number of anilines is 2. The van der Waals surface area contributed by atoms with Gasteiger partial charge < -0.3 is 10.1 Å². The van der Waals surface area contributed by atoms with Crippen LogP contribution in [0.1, 0.15) is 17.5 Å². The van der Waals surface area contributed by atoms with Crippen molar-refractivity contribution < 1.29 is 14.3 Å². The normalized spacial score (nSPS) is 17.4. The van der Waals surface area contributed by atoms with Crippen LogP contribution >= 0.6 is 0 Å². The molecule has 2 amide bonds. The molecule has 0 saturated carbocycles. The lowest BCUT2D eigenvalue weighted by Crippen LogP contribution is -2.34. The van der Waals surface area contributed by atoms with Crippen LogP contribution in [0.2, 0.25) is 0 Å². The van der Waals surface area contributed by atoms with Crippen molar-refractivity contribution in [3.8, 4) is 0 Å². The molecule has 1 aliphatic rings. The summed E-state index contributed by atoms with van der Waals surface area (Å²) < 4.78 is 5.12. The molecule has 1 N–H and O–H groups in total. The molecule has 0 radical (unpaired) electrons. The van der Waals surface area contributed by atoms with E-state index in [4.69, 9.17) is 4.74 Å². The summed E-state index contributed by atoms with van der Waals surface area (Å²) >= 11 is 0. The molecule has 5 nitrogen and oxygen atoms in total. The molecule has 1 fully saturated rings. The van der Waals surface area contributed by atoms with Crippen LogP contribution in [0.5, 0.6) is 0 Å². The van der Waals surface area contributed by atoms with E-state index in [-0.39, 0.29) is 18.2 Å². The van der Waals surface area contributed by atoms with Crippen LogP contribution in [0.15, 0.2) is 48.5 Å². The molecule has 0 aliphatic carbocycles. The van der Waals surface area contributed by atoms with E-state index in [0.717, 1.165) is 16.8 Å². The summed E-state index contributed by atoms with van der Waals surface area (Å²) in [5.41, 5.74) is 3.52. The first-order valence-corrected chi connectivity index (χ1v) is 7.86. The number of hydrogen-bond donors (Lipinski definition) is 1. The molecule has 1 saturated heterocycles. The van der Waals surface area contributed by atoms with Crippen LogP contribution < -0.4 is 10.2 Å². The van der Waals surface area contributed by atoms with Gasteiger partial charge in [0.25, 0.3) is 5.91 Å². The number of methoxy groups -OCH3 is 1. The first-order chi connectivity index (χ1) is 11.6. The topological polar surface area (TPSA) is 58.6 Å². The average molecular weight is 324 g/mol. The maximum absolute atomic E-state index is 12.6. The van der Waals surface area contributed by atoms with Crippen molar-refractivity contribution in [1.82, 2.24) is 0 Å². The fourth-order valence-electron chi connectivity index (χ4n) is 2.83. The van der Waals surface area contributed by atoms with E-state index in [0.29, 0.717) is 12.3 Å². The number of amides is 2. The Labute approximate surface area is 141 Å². The van der Waals surface area contributed by atoms with E-state index in [9.17, 15) is 9.59 Å². The summed E-state index contributed by atoms with van der Waals surface area (Å²) in [6, 6.07) is 14.5. The van der Waals surface area contributed by atoms with Gasteiger partial charge in [0.2, 0.25) is 5.91 Å². The van der Waals surface area contributed by atoms with Gasteiger partial charge >= 0.3 is 0 Å². The molecule has 2 aromatic carbocycles. The van der Waals surface area contributed by atoms with Gasteiger partial charge in [0.15, 0.2) is 0 Å². The van der Waals surface area contributed by atoms with E-state index < -0.39 is 6.04 Å². The van der Waals surface area contributed by atoms with E-state index in [1.54, 1.807) is 19.2 Å². The third-order valence-corrected chi connectivity index (χ3v) is 4.02. The average Bonchev–Trinajstić information content (AvgIpc) is 2.83. The number of ether oxygens (including phenoxy) is 1. The fraction of sp³-hybridized carbons (Fsp3) is 0.263. The van der Waals surface area contributed by atoms with Crippen molar-refractivity contribution in [3.63, 3.8) is 0 Å². The van der Waals surface area contributed by atoms with Gasteiger partial charge in [-0.2, -0.15) is 0 Å². The number of aryl methyl sites for hydroxylation is 1. The van der Waals surface area contributed by atoms with Gasteiger partial charge in [0.05, 0.1) is 18.7 Å². The van der Waals surface area contributed by atoms with Crippen LogP contribution in [-0.2, 0) is 20.9 Å². The van der Waals surface area contributed by atoms with Gasteiger partial charge in [-0.25, -0.2) is 4.90 Å². The molecule has 1 heterocycles. The molecule has 0 aromatic heterocycles. The molecule has 1 unspecified atom stereocenters. The Morgan fingerprint density at radius 2 is 1.92 bits per heavy atom. The van der Waals surface area contributed by atoms with Gasteiger partial charge in [0.1, 0.15) is 6.04 Å². The molecule has 3 rings (SSSR count). The van der Waals surface area contributed by atoms with Gasteiger partial charge in [-0.05, 0) is 36.8 Å². The molecule has 124 valence electrons. The zero-order chi connectivity index (χ0) is 17.1. The molecule has 0 spiro atoms. The Morgan fingerprint density at radius 1 is 1.17 bits per heavy atom. The molecular formula is C19H20N2O3. The van der Waals surface area contributed by atoms with Gasteiger partial charge in [-0.15, -0.1) is 0 Å². The molecule has 1 atom stereocenters. The Balaban J connectivity index is 1.76. The predicted molar refractivity (Wildman–Crippen MR) is 92.9 cm³/mol. The monoisotopic (exact) mass is 324 g/mol. The van der Waals surface area contributed by atoms with E-state index in [2.05, 4.69) is 5.32 Å². The number of nitrogens with zero attached hydrogens (tertiary/aromatic N) is 1. The minimum Gasteiger partial charge on any atom is -0.380 e. The number of imide groups is 1. The maximum atomic E-state index is 12.6. The summed E-state index contributed by atoms with van der Waals surface area (Å²) in [5, 5.41) is 3.16. The summed E-state index contributed by atoms with van der Waals surface area (Å²) in [6.07, 6.45) is 0.154. The predicted octanol–water partition coefficient (Wildman–Crippen LogP) is 2.89. The molecule has 24 heavy (non-hydrogen) atoms. The molecule has 1 aliphatic heterocycles. The number of rotatable bonds is 5. The summed E-state index contributed by atoms with van der Waals surface area (Å²) in [6.45, 7) is 2.47. The standard InChI is InChI=1S/C19H20N2O3/c1-13-6-8-16(9-7-13)21-18(22)11-17(19(21)23)20-15-5-3-4-14(10-15)12-24-2/h3-10,17,20H,11-12H2,1-2H3. The quantitative estimate of drug-likeness (QED) is 0.859. The van der Waals surface area contributed by atoms with Crippen LogP contribution in [0.3, 0.4) is 0 Å². The highest BCUT2D eigenvalue weighted by molar-refractivity contribution is 6.23. The first kappa shape index (κ1) is 16.2. The summed E-state index contributed by atoms with van der Waals surface area (Å²) in [7, 11) is 1.64.